The Kier molecular flexibility index (Phi) is 6.26. The molecule has 6 heteroatoms. The van der Waals surface area contributed by atoms with E-state index in [1.807, 2.05) is 0 Å². The van der Waals surface area contributed by atoms with E-state index in [0.29, 0.717) is 28.0 Å². The van der Waals surface area contributed by atoms with Crippen molar-refractivity contribution < 1.29 is 9.90 Å². The number of hydrogen-bond donors (Lipinski definition) is 1. The Hall–Kier alpha value is -0.620. The van der Waals surface area contributed by atoms with Crippen molar-refractivity contribution in [1.82, 2.24) is 4.57 Å². The SMILES string of the molecule is CCC(CC)Cn1c(CBr)c(C(=O)O)cc(Br)c1=O. The number of carbonyl (C=O) groups is 1. The van der Waals surface area contributed by atoms with Gasteiger partial charge in [-0.15, -0.1) is 0 Å². The van der Waals surface area contributed by atoms with Crippen molar-refractivity contribution in [3.05, 3.63) is 32.2 Å². The zero-order chi connectivity index (χ0) is 14.6. The second-order valence-electron chi connectivity index (χ2n) is 4.39. The predicted octanol–water partition coefficient (Wildman–Crippen LogP) is 3.64. The highest BCUT2D eigenvalue weighted by atomic mass is 79.9. The Morgan fingerprint density at radius 2 is 2.00 bits per heavy atom. The van der Waals surface area contributed by atoms with Gasteiger partial charge in [0.15, 0.2) is 0 Å². The van der Waals surface area contributed by atoms with Crippen LogP contribution in [-0.2, 0) is 11.9 Å². The summed E-state index contributed by atoms with van der Waals surface area (Å²) < 4.78 is 1.86. The van der Waals surface area contributed by atoms with Crippen molar-refractivity contribution in [2.24, 2.45) is 5.92 Å². The summed E-state index contributed by atoms with van der Waals surface area (Å²) in [5, 5.41) is 9.57. The second-order valence-corrected chi connectivity index (χ2v) is 5.80. The van der Waals surface area contributed by atoms with E-state index >= 15 is 0 Å². The number of alkyl halides is 1. The van der Waals surface area contributed by atoms with Crippen LogP contribution in [0.1, 0.15) is 42.7 Å². The lowest BCUT2D eigenvalue weighted by molar-refractivity contribution is 0.0694. The average Bonchev–Trinajstić information content (AvgIpc) is 2.39. The number of aromatic nitrogens is 1. The number of aromatic carboxylic acids is 1. The lowest BCUT2D eigenvalue weighted by atomic mass is 10.0. The summed E-state index contributed by atoms with van der Waals surface area (Å²) >= 11 is 6.43. The number of carboxylic acid groups (broad SMARTS) is 1. The van der Waals surface area contributed by atoms with E-state index in [1.165, 1.54) is 6.07 Å². The Labute approximate surface area is 129 Å². The normalized spacial score (nSPS) is 11.0. The molecule has 0 aliphatic carbocycles. The van der Waals surface area contributed by atoms with E-state index in [4.69, 9.17) is 0 Å². The maximum Gasteiger partial charge on any atom is 0.337 e. The number of halogens is 2. The van der Waals surface area contributed by atoms with Gasteiger partial charge in [-0.1, -0.05) is 42.6 Å². The van der Waals surface area contributed by atoms with Crippen molar-refractivity contribution >= 4 is 37.8 Å². The molecule has 106 valence electrons. The summed E-state index contributed by atoms with van der Waals surface area (Å²) in [5.74, 6) is -0.653. The van der Waals surface area contributed by atoms with Crippen LogP contribution in [0.2, 0.25) is 0 Å². The third-order valence-corrected chi connectivity index (χ3v) is 4.41. The number of rotatable bonds is 6. The molecule has 4 nitrogen and oxygen atoms in total. The number of hydrogen-bond acceptors (Lipinski definition) is 2. The highest BCUT2D eigenvalue weighted by molar-refractivity contribution is 9.10. The van der Waals surface area contributed by atoms with E-state index in [0.717, 1.165) is 12.8 Å². The highest BCUT2D eigenvalue weighted by Gasteiger charge is 2.19. The van der Waals surface area contributed by atoms with E-state index in [1.54, 1.807) is 4.57 Å². The third-order valence-electron chi connectivity index (χ3n) is 3.31. The Morgan fingerprint density at radius 3 is 2.42 bits per heavy atom. The fraction of sp³-hybridized carbons (Fsp3) is 0.538. The van der Waals surface area contributed by atoms with Crippen LogP contribution in [-0.4, -0.2) is 15.6 Å². The fourth-order valence-corrected chi connectivity index (χ4v) is 3.04. The van der Waals surface area contributed by atoms with Gasteiger partial charge in [0, 0.05) is 17.6 Å². The van der Waals surface area contributed by atoms with Gasteiger partial charge >= 0.3 is 5.97 Å². The third kappa shape index (κ3) is 3.69. The first-order chi connectivity index (χ1) is 8.96. The number of carboxylic acids is 1. The quantitative estimate of drug-likeness (QED) is 0.749. The molecular weight excluding hydrogens is 378 g/mol. The lowest BCUT2D eigenvalue weighted by Gasteiger charge is -2.19. The molecule has 1 heterocycles. The van der Waals surface area contributed by atoms with E-state index in [9.17, 15) is 14.7 Å². The van der Waals surface area contributed by atoms with Crippen molar-refractivity contribution in [3.8, 4) is 0 Å². The van der Waals surface area contributed by atoms with Gasteiger partial charge in [0.1, 0.15) is 0 Å². The van der Waals surface area contributed by atoms with Gasteiger partial charge < -0.3 is 9.67 Å². The fourth-order valence-electron chi connectivity index (χ4n) is 2.00. The van der Waals surface area contributed by atoms with E-state index in [2.05, 4.69) is 45.7 Å². The number of nitrogens with zero attached hydrogens (tertiary/aromatic N) is 1. The molecule has 1 rings (SSSR count). The summed E-state index contributed by atoms with van der Waals surface area (Å²) in [6, 6.07) is 1.38. The highest BCUT2D eigenvalue weighted by Crippen LogP contribution is 2.19. The van der Waals surface area contributed by atoms with Gasteiger partial charge in [-0.2, -0.15) is 0 Å². The maximum atomic E-state index is 12.2. The molecule has 1 aromatic rings. The zero-order valence-electron chi connectivity index (χ0n) is 10.9. The summed E-state index contributed by atoms with van der Waals surface area (Å²) in [6.45, 7) is 4.69. The molecule has 0 bridgehead atoms. The van der Waals surface area contributed by atoms with Gasteiger partial charge in [0.2, 0.25) is 0 Å². The molecule has 0 fully saturated rings. The summed E-state index contributed by atoms with van der Waals surface area (Å²) in [5.41, 5.74) is 0.508. The van der Waals surface area contributed by atoms with Crippen LogP contribution in [0.15, 0.2) is 15.3 Å². The molecule has 0 aliphatic heterocycles. The van der Waals surface area contributed by atoms with Crippen LogP contribution in [0.5, 0.6) is 0 Å². The first-order valence-corrected chi connectivity index (χ1v) is 8.09. The molecule has 0 aliphatic rings. The van der Waals surface area contributed by atoms with Crippen LogP contribution in [0.4, 0.5) is 0 Å². The first-order valence-electron chi connectivity index (χ1n) is 6.17. The molecule has 0 aromatic carbocycles. The summed E-state index contributed by atoms with van der Waals surface area (Å²) in [4.78, 5) is 23.5. The molecule has 0 saturated carbocycles. The van der Waals surface area contributed by atoms with E-state index < -0.39 is 5.97 Å². The van der Waals surface area contributed by atoms with Crippen LogP contribution in [0.3, 0.4) is 0 Å². The van der Waals surface area contributed by atoms with Crippen molar-refractivity contribution in [2.45, 2.75) is 38.6 Å². The minimum atomic E-state index is -1.02. The lowest BCUT2D eigenvalue weighted by Crippen LogP contribution is -2.29. The Morgan fingerprint density at radius 1 is 1.42 bits per heavy atom. The van der Waals surface area contributed by atoms with Crippen LogP contribution in [0, 0.1) is 5.92 Å². The zero-order valence-corrected chi connectivity index (χ0v) is 14.1. The van der Waals surface area contributed by atoms with Gasteiger partial charge in [-0.05, 0) is 27.9 Å². The standard InChI is InChI=1S/C13H17Br2NO3/c1-3-8(4-2)7-16-11(6-14)9(13(18)19)5-10(15)12(16)17/h5,8H,3-4,6-7H2,1-2H3,(H,18,19). The van der Waals surface area contributed by atoms with Gasteiger partial charge in [-0.3, -0.25) is 4.79 Å². The Bertz CT molecular complexity index is 521. The van der Waals surface area contributed by atoms with Crippen LogP contribution >= 0.6 is 31.9 Å². The molecule has 1 N–H and O–H groups in total. The van der Waals surface area contributed by atoms with Crippen LogP contribution < -0.4 is 5.56 Å². The monoisotopic (exact) mass is 393 g/mol. The minimum Gasteiger partial charge on any atom is -0.478 e. The van der Waals surface area contributed by atoms with Crippen molar-refractivity contribution in [1.29, 1.82) is 0 Å². The second kappa shape index (κ2) is 7.24. The summed E-state index contributed by atoms with van der Waals surface area (Å²) in [6.07, 6.45) is 1.92. The molecule has 19 heavy (non-hydrogen) atoms. The molecule has 0 radical (unpaired) electrons. The average molecular weight is 395 g/mol. The van der Waals surface area contributed by atoms with Crippen molar-refractivity contribution in [3.63, 3.8) is 0 Å². The summed E-state index contributed by atoms with van der Waals surface area (Å²) in [7, 11) is 0. The molecule has 0 amide bonds. The smallest absolute Gasteiger partial charge is 0.337 e. The van der Waals surface area contributed by atoms with Gasteiger partial charge in [-0.25, -0.2) is 4.79 Å². The van der Waals surface area contributed by atoms with Crippen molar-refractivity contribution in [2.75, 3.05) is 0 Å². The molecule has 0 atom stereocenters. The molecule has 0 saturated heterocycles. The molecule has 1 aromatic heterocycles. The largest absolute Gasteiger partial charge is 0.478 e. The predicted molar refractivity (Wildman–Crippen MR) is 82.1 cm³/mol. The molecule has 0 unspecified atom stereocenters. The maximum absolute atomic E-state index is 12.2. The minimum absolute atomic E-state index is 0.161. The topological polar surface area (TPSA) is 59.3 Å². The van der Waals surface area contributed by atoms with Gasteiger partial charge in [0.05, 0.1) is 10.0 Å². The molecular formula is C13H17Br2NO3. The first kappa shape index (κ1) is 16.4. The van der Waals surface area contributed by atoms with E-state index in [-0.39, 0.29) is 11.1 Å². The Balaban J connectivity index is 3.42. The number of pyridine rings is 1. The van der Waals surface area contributed by atoms with Crippen LogP contribution in [0.25, 0.3) is 0 Å². The van der Waals surface area contributed by atoms with Gasteiger partial charge in [0.25, 0.3) is 5.56 Å². The molecule has 0 spiro atoms.